The van der Waals surface area contributed by atoms with Crippen molar-refractivity contribution in [2.45, 2.75) is 27.1 Å². The van der Waals surface area contributed by atoms with E-state index in [0.29, 0.717) is 29.4 Å². The lowest BCUT2D eigenvalue weighted by Gasteiger charge is -2.26. The van der Waals surface area contributed by atoms with Gasteiger partial charge in [-0.05, 0) is 84.1 Å². The molecule has 1 saturated heterocycles. The number of benzene rings is 4. The molecular formula is C34H29ClN2O6. The van der Waals surface area contributed by atoms with Gasteiger partial charge in [0.1, 0.15) is 24.5 Å². The monoisotopic (exact) mass is 596 g/mol. The van der Waals surface area contributed by atoms with Crippen molar-refractivity contribution < 1.29 is 28.6 Å². The maximum Gasteiger partial charge on any atom is 0.335 e. The molecule has 9 heteroatoms. The van der Waals surface area contributed by atoms with Crippen LogP contribution in [0.15, 0.2) is 90.5 Å². The van der Waals surface area contributed by atoms with Crippen molar-refractivity contribution in [2.24, 2.45) is 0 Å². The maximum atomic E-state index is 13.4. The van der Waals surface area contributed by atoms with Gasteiger partial charge in [-0.15, -0.1) is 0 Å². The van der Waals surface area contributed by atoms with Gasteiger partial charge in [0, 0.05) is 0 Å². The highest BCUT2D eigenvalue weighted by molar-refractivity contribution is 6.39. The Bertz CT molecular complexity index is 1720. The molecule has 43 heavy (non-hydrogen) atoms. The quantitative estimate of drug-likeness (QED) is 0.169. The SMILES string of the molecule is COc1cc(/C=C2\C(=O)NC(=O)N(c3ccc(OCc4ccccc4)cc3)C2=O)cc(Cl)c1OCc1ccc(C)c(C)c1. The van der Waals surface area contributed by atoms with Crippen LogP contribution in [-0.4, -0.2) is 25.0 Å². The van der Waals surface area contributed by atoms with Gasteiger partial charge < -0.3 is 14.2 Å². The van der Waals surface area contributed by atoms with Gasteiger partial charge in [-0.25, -0.2) is 9.69 Å². The van der Waals surface area contributed by atoms with Crippen LogP contribution in [0.25, 0.3) is 6.08 Å². The predicted molar refractivity (Wildman–Crippen MR) is 164 cm³/mol. The number of urea groups is 1. The number of imide groups is 2. The highest BCUT2D eigenvalue weighted by Gasteiger charge is 2.37. The lowest BCUT2D eigenvalue weighted by molar-refractivity contribution is -0.122. The molecular weight excluding hydrogens is 568 g/mol. The fraction of sp³-hybridized carbons (Fsp3) is 0.147. The Hall–Kier alpha value is -5.08. The van der Waals surface area contributed by atoms with Crippen LogP contribution >= 0.6 is 11.6 Å². The Morgan fingerprint density at radius 1 is 0.814 bits per heavy atom. The number of barbiturate groups is 1. The number of rotatable bonds is 9. The van der Waals surface area contributed by atoms with E-state index in [0.717, 1.165) is 21.6 Å². The van der Waals surface area contributed by atoms with E-state index in [1.807, 2.05) is 62.4 Å². The fourth-order valence-electron chi connectivity index (χ4n) is 4.50. The predicted octanol–water partition coefficient (Wildman–Crippen LogP) is 6.79. The summed E-state index contributed by atoms with van der Waals surface area (Å²) in [6, 6.07) is 24.5. The molecule has 0 radical (unpaired) electrons. The summed E-state index contributed by atoms with van der Waals surface area (Å²) < 4.78 is 17.3. The molecule has 0 bridgehead atoms. The van der Waals surface area contributed by atoms with Crippen molar-refractivity contribution in [3.05, 3.63) is 123 Å². The number of methoxy groups -OCH3 is 1. The molecule has 1 N–H and O–H groups in total. The Morgan fingerprint density at radius 3 is 2.23 bits per heavy atom. The summed E-state index contributed by atoms with van der Waals surface area (Å²) >= 11 is 6.56. The average molecular weight is 597 g/mol. The molecule has 4 amide bonds. The zero-order valence-corrected chi connectivity index (χ0v) is 24.6. The van der Waals surface area contributed by atoms with Crippen LogP contribution in [-0.2, 0) is 22.8 Å². The minimum atomic E-state index is -0.851. The number of amides is 4. The molecule has 1 heterocycles. The summed E-state index contributed by atoms with van der Waals surface area (Å²) in [5.74, 6) is -0.386. The molecule has 4 aromatic rings. The fourth-order valence-corrected chi connectivity index (χ4v) is 4.78. The van der Waals surface area contributed by atoms with Crippen molar-refractivity contribution in [1.29, 1.82) is 0 Å². The number of nitrogens with one attached hydrogen (secondary N) is 1. The third-order valence-electron chi connectivity index (χ3n) is 6.96. The second kappa shape index (κ2) is 12.8. The van der Waals surface area contributed by atoms with E-state index >= 15 is 0 Å². The Balaban J connectivity index is 1.34. The lowest BCUT2D eigenvalue weighted by atomic mass is 10.1. The first-order valence-corrected chi connectivity index (χ1v) is 13.9. The molecule has 8 nitrogen and oxygen atoms in total. The third-order valence-corrected chi connectivity index (χ3v) is 7.24. The van der Waals surface area contributed by atoms with Gasteiger partial charge in [0.15, 0.2) is 11.5 Å². The molecule has 5 rings (SSSR count). The summed E-state index contributed by atoms with van der Waals surface area (Å²) in [7, 11) is 1.47. The maximum absolute atomic E-state index is 13.4. The number of ether oxygens (including phenoxy) is 3. The number of hydrogen-bond donors (Lipinski definition) is 1. The number of hydrogen-bond acceptors (Lipinski definition) is 6. The van der Waals surface area contributed by atoms with Crippen LogP contribution in [0.1, 0.15) is 27.8 Å². The normalized spacial score (nSPS) is 14.1. The second-order valence-corrected chi connectivity index (χ2v) is 10.4. The van der Waals surface area contributed by atoms with E-state index in [1.54, 1.807) is 36.4 Å². The average Bonchev–Trinajstić information content (AvgIpc) is 3.00. The number of anilines is 1. The van der Waals surface area contributed by atoms with Crippen LogP contribution in [0.3, 0.4) is 0 Å². The Labute approximate surface area is 254 Å². The first kappa shape index (κ1) is 29.4. The van der Waals surface area contributed by atoms with Crippen molar-refractivity contribution in [3.63, 3.8) is 0 Å². The van der Waals surface area contributed by atoms with Gasteiger partial charge in [0.25, 0.3) is 11.8 Å². The van der Waals surface area contributed by atoms with Gasteiger partial charge in [-0.1, -0.05) is 60.1 Å². The van der Waals surface area contributed by atoms with E-state index in [4.69, 9.17) is 25.8 Å². The third kappa shape index (κ3) is 6.71. The zero-order valence-electron chi connectivity index (χ0n) is 23.8. The molecule has 0 aromatic heterocycles. The van der Waals surface area contributed by atoms with E-state index in [9.17, 15) is 14.4 Å². The summed E-state index contributed by atoms with van der Waals surface area (Å²) in [4.78, 5) is 39.7. The van der Waals surface area contributed by atoms with Crippen LogP contribution in [0.2, 0.25) is 5.02 Å². The van der Waals surface area contributed by atoms with Gasteiger partial charge >= 0.3 is 6.03 Å². The van der Waals surface area contributed by atoms with Gasteiger partial charge in [0.05, 0.1) is 17.8 Å². The van der Waals surface area contributed by atoms with Crippen molar-refractivity contribution in [3.8, 4) is 17.2 Å². The number of aryl methyl sites for hydroxylation is 2. The summed E-state index contributed by atoms with van der Waals surface area (Å²) in [5.41, 5.74) is 4.75. The van der Waals surface area contributed by atoms with Crippen LogP contribution in [0, 0.1) is 13.8 Å². The smallest absolute Gasteiger partial charge is 0.335 e. The standard InChI is InChI=1S/C34H29ClN2O6/c1-21-9-10-24(15-22(21)2)20-43-31-29(35)17-25(18-30(31)41-3)16-28-32(38)36-34(40)37(33(28)39)26-11-13-27(14-12-26)42-19-23-7-5-4-6-8-23/h4-18H,19-20H2,1-3H3,(H,36,38,40)/b28-16+. The molecule has 4 aromatic carbocycles. The second-order valence-electron chi connectivity index (χ2n) is 9.97. The van der Waals surface area contributed by atoms with E-state index in [1.165, 1.54) is 18.7 Å². The molecule has 0 aliphatic carbocycles. The van der Waals surface area contributed by atoms with E-state index in [-0.39, 0.29) is 22.9 Å². The molecule has 0 unspecified atom stereocenters. The van der Waals surface area contributed by atoms with Crippen molar-refractivity contribution in [2.75, 3.05) is 12.0 Å². The molecule has 0 spiro atoms. The number of carbonyl (C=O) groups excluding carboxylic acids is 3. The van der Waals surface area contributed by atoms with E-state index < -0.39 is 17.8 Å². The Kier molecular flexibility index (Phi) is 8.78. The molecule has 0 saturated carbocycles. The van der Waals surface area contributed by atoms with E-state index in [2.05, 4.69) is 5.32 Å². The van der Waals surface area contributed by atoms with Crippen molar-refractivity contribution >= 4 is 41.2 Å². The molecule has 1 aliphatic rings. The number of carbonyl (C=O) groups is 3. The first-order chi connectivity index (χ1) is 20.7. The zero-order chi connectivity index (χ0) is 30.5. The first-order valence-electron chi connectivity index (χ1n) is 13.5. The highest BCUT2D eigenvalue weighted by Crippen LogP contribution is 2.38. The summed E-state index contributed by atoms with van der Waals surface area (Å²) in [5, 5.41) is 2.46. The molecule has 218 valence electrons. The largest absolute Gasteiger partial charge is 0.493 e. The molecule has 1 fully saturated rings. The minimum Gasteiger partial charge on any atom is -0.493 e. The van der Waals surface area contributed by atoms with Crippen LogP contribution in [0.5, 0.6) is 17.2 Å². The summed E-state index contributed by atoms with van der Waals surface area (Å²) in [6.07, 6.45) is 1.36. The van der Waals surface area contributed by atoms with Gasteiger partial charge in [0.2, 0.25) is 0 Å². The van der Waals surface area contributed by atoms with Crippen LogP contribution < -0.4 is 24.4 Å². The number of halogens is 1. The highest BCUT2D eigenvalue weighted by atomic mass is 35.5. The van der Waals surface area contributed by atoms with Gasteiger partial charge in [-0.2, -0.15) is 0 Å². The lowest BCUT2D eigenvalue weighted by Crippen LogP contribution is -2.54. The minimum absolute atomic E-state index is 0.234. The topological polar surface area (TPSA) is 94.2 Å². The van der Waals surface area contributed by atoms with Crippen molar-refractivity contribution in [1.82, 2.24) is 5.32 Å². The Morgan fingerprint density at radius 2 is 1.53 bits per heavy atom. The van der Waals surface area contributed by atoms with Crippen LogP contribution in [0.4, 0.5) is 10.5 Å². The van der Waals surface area contributed by atoms with Gasteiger partial charge in [-0.3, -0.25) is 14.9 Å². The molecule has 0 atom stereocenters. The molecule has 1 aliphatic heterocycles. The summed E-state index contributed by atoms with van der Waals surface area (Å²) in [6.45, 7) is 4.71. The number of nitrogens with zero attached hydrogens (tertiary/aromatic N) is 1.